The molecule has 10 heavy (non-hydrogen) atoms. The fraction of sp³-hybridized carbons (Fsp3) is 0.714. The van der Waals surface area contributed by atoms with Gasteiger partial charge in [0.05, 0.1) is 7.11 Å². The van der Waals surface area contributed by atoms with Crippen molar-refractivity contribution in [1.29, 1.82) is 0 Å². The molecule has 0 aromatic carbocycles. The van der Waals surface area contributed by atoms with Crippen LogP contribution in [0.4, 0.5) is 0 Å². The summed E-state index contributed by atoms with van der Waals surface area (Å²) in [5.41, 5.74) is -0.618. The van der Waals surface area contributed by atoms with Crippen LogP contribution in [0.5, 0.6) is 0 Å². The van der Waals surface area contributed by atoms with E-state index in [0.29, 0.717) is 0 Å². The molecule has 3 nitrogen and oxygen atoms in total. The van der Waals surface area contributed by atoms with Crippen molar-refractivity contribution in [2.24, 2.45) is 0 Å². The molecule has 3 heteroatoms. The first-order chi connectivity index (χ1) is 4.52. The molecule has 0 bridgehead atoms. The van der Waals surface area contributed by atoms with Crippen molar-refractivity contribution in [3.63, 3.8) is 0 Å². The standard InChI is InChI=1S/C7H11NO2/c1-7(2,8-3)5-6(9)10-4/h5H2,1-2,4H3. The fourth-order valence-electron chi connectivity index (χ4n) is 0.465. The zero-order valence-electron chi connectivity index (χ0n) is 6.47. The molecule has 0 spiro atoms. The molecule has 0 saturated heterocycles. The second-order valence-electron chi connectivity index (χ2n) is 2.68. The van der Waals surface area contributed by atoms with Gasteiger partial charge in [0.25, 0.3) is 0 Å². The minimum absolute atomic E-state index is 0.160. The lowest BCUT2D eigenvalue weighted by molar-refractivity contribution is -0.141. The van der Waals surface area contributed by atoms with Crippen LogP contribution in [0.1, 0.15) is 20.3 Å². The number of esters is 1. The van der Waals surface area contributed by atoms with Gasteiger partial charge < -0.3 is 9.58 Å². The number of ether oxygens (including phenoxy) is 1. The van der Waals surface area contributed by atoms with Crippen molar-refractivity contribution >= 4 is 5.97 Å². The summed E-state index contributed by atoms with van der Waals surface area (Å²) in [6.07, 6.45) is 0.160. The normalized spacial score (nSPS) is 10.2. The van der Waals surface area contributed by atoms with Gasteiger partial charge in [0.15, 0.2) is 0 Å². The zero-order valence-corrected chi connectivity index (χ0v) is 6.47. The summed E-state index contributed by atoms with van der Waals surface area (Å²) in [5.74, 6) is -0.332. The van der Waals surface area contributed by atoms with Crippen molar-refractivity contribution < 1.29 is 9.53 Å². The lowest BCUT2D eigenvalue weighted by atomic mass is 10.0. The summed E-state index contributed by atoms with van der Waals surface area (Å²) in [4.78, 5) is 13.9. The van der Waals surface area contributed by atoms with Crippen LogP contribution in [-0.4, -0.2) is 18.6 Å². The van der Waals surface area contributed by atoms with Gasteiger partial charge in [-0.1, -0.05) is 0 Å². The molecule has 0 aliphatic heterocycles. The van der Waals surface area contributed by atoms with E-state index in [-0.39, 0.29) is 12.4 Å². The van der Waals surface area contributed by atoms with E-state index in [4.69, 9.17) is 6.57 Å². The second kappa shape index (κ2) is 3.21. The van der Waals surface area contributed by atoms with Gasteiger partial charge >= 0.3 is 5.97 Å². The number of nitrogens with zero attached hydrogens (tertiary/aromatic N) is 1. The first-order valence-corrected chi connectivity index (χ1v) is 2.97. The van der Waals surface area contributed by atoms with Gasteiger partial charge in [-0.15, -0.1) is 0 Å². The molecule has 0 unspecified atom stereocenters. The number of hydrogen-bond acceptors (Lipinski definition) is 2. The van der Waals surface area contributed by atoms with Crippen molar-refractivity contribution in [1.82, 2.24) is 0 Å². The maximum atomic E-state index is 10.6. The Kier molecular flexibility index (Phi) is 2.88. The Morgan fingerprint density at radius 3 is 2.50 bits per heavy atom. The van der Waals surface area contributed by atoms with E-state index in [1.807, 2.05) is 0 Å². The Labute approximate surface area is 60.8 Å². The topological polar surface area (TPSA) is 30.7 Å². The van der Waals surface area contributed by atoms with Gasteiger partial charge in [0.1, 0.15) is 6.42 Å². The van der Waals surface area contributed by atoms with Crippen molar-refractivity contribution in [2.75, 3.05) is 7.11 Å². The van der Waals surface area contributed by atoms with Crippen LogP contribution in [0.25, 0.3) is 4.85 Å². The molecule has 0 amide bonds. The zero-order chi connectivity index (χ0) is 8.20. The second-order valence-corrected chi connectivity index (χ2v) is 2.68. The van der Waals surface area contributed by atoms with E-state index < -0.39 is 5.54 Å². The molecule has 0 aliphatic rings. The molecule has 0 atom stereocenters. The van der Waals surface area contributed by atoms with E-state index in [1.54, 1.807) is 13.8 Å². The lowest BCUT2D eigenvalue weighted by Gasteiger charge is -2.07. The highest BCUT2D eigenvalue weighted by Crippen LogP contribution is 2.13. The van der Waals surface area contributed by atoms with Gasteiger partial charge in [0, 0.05) is 13.8 Å². The first-order valence-electron chi connectivity index (χ1n) is 2.97. The predicted octanol–water partition coefficient (Wildman–Crippen LogP) is 1.25. The summed E-state index contributed by atoms with van der Waals surface area (Å²) in [6, 6.07) is 0. The van der Waals surface area contributed by atoms with Gasteiger partial charge in [-0.25, -0.2) is 6.57 Å². The summed E-state index contributed by atoms with van der Waals surface area (Å²) >= 11 is 0. The quantitative estimate of drug-likeness (QED) is 0.428. The summed E-state index contributed by atoms with van der Waals surface area (Å²) in [7, 11) is 1.32. The van der Waals surface area contributed by atoms with Crippen LogP contribution in [0.2, 0.25) is 0 Å². The summed E-state index contributed by atoms with van der Waals surface area (Å²) in [5, 5.41) is 0. The van der Waals surface area contributed by atoms with E-state index in [2.05, 4.69) is 9.58 Å². The number of carbonyl (C=O) groups is 1. The number of rotatable bonds is 2. The Morgan fingerprint density at radius 2 is 2.20 bits per heavy atom. The summed E-state index contributed by atoms with van der Waals surface area (Å²) in [6.45, 7) is 10.1. The lowest BCUT2D eigenvalue weighted by Crippen LogP contribution is -2.20. The SMILES string of the molecule is [C-]#[N+]C(C)(C)CC(=O)OC. The average molecular weight is 141 g/mol. The molecule has 0 radical (unpaired) electrons. The van der Waals surface area contributed by atoms with E-state index >= 15 is 0 Å². The van der Waals surface area contributed by atoms with E-state index in [1.165, 1.54) is 7.11 Å². The first kappa shape index (κ1) is 8.96. The molecular formula is C7H11NO2. The number of carbonyl (C=O) groups excluding carboxylic acids is 1. The van der Waals surface area contributed by atoms with Gasteiger partial charge in [-0.2, -0.15) is 0 Å². The molecule has 0 heterocycles. The highest BCUT2D eigenvalue weighted by molar-refractivity contribution is 5.70. The molecule has 0 aromatic heterocycles. The Balaban J connectivity index is 3.92. The van der Waals surface area contributed by atoms with Gasteiger partial charge in [0.2, 0.25) is 5.54 Å². The van der Waals surface area contributed by atoms with Crippen molar-refractivity contribution in [3.8, 4) is 0 Å². The average Bonchev–Trinajstić information content (AvgIpc) is 1.87. The molecule has 0 saturated carbocycles. The number of methoxy groups -OCH3 is 1. The fourth-order valence-corrected chi connectivity index (χ4v) is 0.465. The largest absolute Gasteiger partial charge is 0.469 e. The Hall–Kier alpha value is -1.04. The van der Waals surface area contributed by atoms with Crippen molar-refractivity contribution in [3.05, 3.63) is 11.4 Å². The van der Waals surface area contributed by atoms with Crippen LogP contribution in [-0.2, 0) is 9.53 Å². The summed E-state index contributed by atoms with van der Waals surface area (Å²) < 4.78 is 4.41. The van der Waals surface area contributed by atoms with Crippen molar-refractivity contribution in [2.45, 2.75) is 25.8 Å². The van der Waals surface area contributed by atoms with Gasteiger partial charge in [-0.05, 0) is 0 Å². The predicted molar refractivity (Wildman–Crippen MR) is 37.3 cm³/mol. The third-order valence-corrected chi connectivity index (χ3v) is 1.11. The number of hydrogen-bond donors (Lipinski definition) is 0. The molecule has 0 fully saturated rings. The van der Waals surface area contributed by atoms with Crippen LogP contribution in [0, 0.1) is 6.57 Å². The van der Waals surface area contributed by atoms with Crippen LogP contribution in [0.15, 0.2) is 0 Å². The smallest absolute Gasteiger partial charge is 0.313 e. The molecule has 0 aliphatic carbocycles. The maximum absolute atomic E-state index is 10.6. The molecule has 56 valence electrons. The Morgan fingerprint density at radius 1 is 1.70 bits per heavy atom. The Bertz CT molecular complexity index is 167. The minimum atomic E-state index is -0.618. The third-order valence-electron chi connectivity index (χ3n) is 1.11. The minimum Gasteiger partial charge on any atom is -0.469 e. The highest BCUT2D eigenvalue weighted by Gasteiger charge is 2.27. The monoisotopic (exact) mass is 141 g/mol. The maximum Gasteiger partial charge on any atom is 0.313 e. The highest BCUT2D eigenvalue weighted by atomic mass is 16.5. The molecule has 0 rings (SSSR count). The van der Waals surface area contributed by atoms with Crippen LogP contribution < -0.4 is 0 Å². The molecule has 0 N–H and O–H groups in total. The third kappa shape index (κ3) is 3.08. The van der Waals surface area contributed by atoms with Crippen LogP contribution in [0.3, 0.4) is 0 Å². The van der Waals surface area contributed by atoms with E-state index in [0.717, 1.165) is 0 Å². The van der Waals surface area contributed by atoms with Crippen LogP contribution >= 0.6 is 0 Å². The molecular weight excluding hydrogens is 130 g/mol. The van der Waals surface area contributed by atoms with Gasteiger partial charge in [-0.3, -0.25) is 4.79 Å². The van der Waals surface area contributed by atoms with E-state index in [9.17, 15) is 4.79 Å². The molecule has 0 aromatic rings.